The Hall–Kier alpha value is -1.69. The molecule has 2 N–H and O–H groups in total. The van der Waals surface area contributed by atoms with Crippen molar-refractivity contribution in [3.8, 4) is 0 Å². The molecule has 5 nitrogen and oxygen atoms in total. The fourth-order valence-electron chi connectivity index (χ4n) is 2.97. The molecule has 126 valence electrons. The Bertz CT molecular complexity index is 536. The van der Waals surface area contributed by atoms with Crippen molar-refractivity contribution >= 4 is 24.6 Å². The molecule has 0 spiro atoms. The maximum Gasteiger partial charge on any atom is 0.318 e. The largest absolute Gasteiger partial charge is 0.353 e. The third-order valence-electron chi connectivity index (χ3n) is 3.98. The number of nitrogens with zero attached hydrogens (tertiary/aromatic N) is 1. The molecular formula is C17H25N3O2S. The van der Waals surface area contributed by atoms with Gasteiger partial charge >= 0.3 is 6.03 Å². The lowest BCUT2D eigenvalue weighted by Crippen LogP contribution is -2.51. The van der Waals surface area contributed by atoms with Gasteiger partial charge in [-0.2, -0.15) is 12.6 Å². The standard InChI is InChI=1S/C17H25N3O2S/c1-12(2)15(16(21)18-8-9-23)20-11-14(19-17(20)22)10-13-6-4-3-5-7-13/h3-7,12,14-15,23H,8-11H2,1-2H3,(H,18,21)(H,19,22)/t14?,15-/m0/s1. The first-order chi connectivity index (χ1) is 11.0. The highest BCUT2D eigenvalue weighted by Crippen LogP contribution is 2.18. The van der Waals surface area contributed by atoms with Gasteiger partial charge in [0.25, 0.3) is 0 Å². The highest BCUT2D eigenvalue weighted by molar-refractivity contribution is 7.80. The first-order valence-electron chi connectivity index (χ1n) is 8.02. The van der Waals surface area contributed by atoms with Crippen LogP contribution < -0.4 is 10.6 Å². The van der Waals surface area contributed by atoms with E-state index in [0.717, 1.165) is 6.42 Å². The Kier molecular flexibility index (Phi) is 6.33. The summed E-state index contributed by atoms with van der Waals surface area (Å²) in [4.78, 5) is 26.4. The van der Waals surface area contributed by atoms with Crippen LogP contribution in [0.1, 0.15) is 19.4 Å². The molecular weight excluding hydrogens is 310 g/mol. The summed E-state index contributed by atoms with van der Waals surface area (Å²) >= 11 is 4.11. The molecule has 0 aliphatic carbocycles. The minimum atomic E-state index is -0.448. The summed E-state index contributed by atoms with van der Waals surface area (Å²) in [5, 5.41) is 5.83. The molecule has 1 unspecified atom stereocenters. The molecule has 1 fully saturated rings. The van der Waals surface area contributed by atoms with Crippen molar-refractivity contribution in [2.75, 3.05) is 18.8 Å². The predicted molar refractivity (Wildman–Crippen MR) is 94.7 cm³/mol. The molecule has 1 saturated heterocycles. The molecule has 1 heterocycles. The van der Waals surface area contributed by atoms with Gasteiger partial charge in [0.05, 0.1) is 6.04 Å². The van der Waals surface area contributed by atoms with E-state index in [-0.39, 0.29) is 23.9 Å². The van der Waals surface area contributed by atoms with Crippen molar-refractivity contribution in [2.24, 2.45) is 5.92 Å². The fraction of sp³-hybridized carbons (Fsp3) is 0.529. The van der Waals surface area contributed by atoms with E-state index in [1.54, 1.807) is 4.90 Å². The smallest absolute Gasteiger partial charge is 0.318 e. The van der Waals surface area contributed by atoms with Crippen LogP contribution in [0, 0.1) is 5.92 Å². The quantitative estimate of drug-likeness (QED) is 0.664. The zero-order valence-electron chi connectivity index (χ0n) is 13.7. The van der Waals surface area contributed by atoms with Crippen LogP contribution in [0.5, 0.6) is 0 Å². The number of carbonyl (C=O) groups excluding carboxylic acids is 2. The van der Waals surface area contributed by atoms with E-state index in [9.17, 15) is 9.59 Å². The van der Waals surface area contributed by atoms with Gasteiger partial charge in [-0.25, -0.2) is 4.79 Å². The van der Waals surface area contributed by atoms with Crippen LogP contribution in [0.2, 0.25) is 0 Å². The molecule has 0 bridgehead atoms. The van der Waals surface area contributed by atoms with E-state index < -0.39 is 6.04 Å². The Morgan fingerprint density at radius 1 is 1.39 bits per heavy atom. The summed E-state index contributed by atoms with van der Waals surface area (Å²) in [6, 6.07) is 9.48. The lowest BCUT2D eigenvalue weighted by molar-refractivity contribution is -0.126. The molecule has 3 amide bonds. The molecule has 1 aromatic rings. The van der Waals surface area contributed by atoms with Crippen LogP contribution in [-0.2, 0) is 11.2 Å². The molecule has 23 heavy (non-hydrogen) atoms. The summed E-state index contributed by atoms with van der Waals surface area (Å²) < 4.78 is 0. The van der Waals surface area contributed by atoms with Crippen LogP contribution in [-0.4, -0.2) is 47.8 Å². The van der Waals surface area contributed by atoms with Gasteiger partial charge in [0, 0.05) is 18.8 Å². The number of urea groups is 1. The SMILES string of the molecule is CC(C)[C@@H](C(=O)NCCS)N1CC(Cc2ccccc2)NC1=O. The number of nitrogens with one attached hydrogen (secondary N) is 2. The average Bonchev–Trinajstić information content (AvgIpc) is 2.86. The molecule has 0 aromatic heterocycles. The molecule has 6 heteroatoms. The third-order valence-corrected chi connectivity index (χ3v) is 4.20. The minimum Gasteiger partial charge on any atom is -0.353 e. The number of amides is 3. The fourth-order valence-corrected chi connectivity index (χ4v) is 3.08. The molecule has 0 radical (unpaired) electrons. The monoisotopic (exact) mass is 335 g/mol. The Labute approximate surface area is 143 Å². The van der Waals surface area contributed by atoms with E-state index in [1.807, 2.05) is 44.2 Å². The molecule has 2 rings (SSSR count). The summed E-state index contributed by atoms with van der Waals surface area (Å²) in [5.41, 5.74) is 1.18. The highest BCUT2D eigenvalue weighted by atomic mass is 32.1. The van der Waals surface area contributed by atoms with Gasteiger partial charge < -0.3 is 15.5 Å². The molecule has 2 atom stereocenters. The molecule has 1 aliphatic heterocycles. The van der Waals surface area contributed by atoms with Gasteiger partial charge in [-0.1, -0.05) is 44.2 Å². The van der Waals surface area contributed by atoms with Crippen molar-refractivity contribution in [1.82, 2.24) is 15.5 Å². The number of carbonyl (C=O) groups is 2. The summed E-state index contributed by atoms with van der Waals surface area (Å²) in [7, 11) is 0. The maximum atomic E-state index is 12.4. The van der Waals surface area contributed by atoms with Crippen molar-refractivity contribution in [3.05, 3.63) is 35.9 Å². The molecule has 0 saturated carbocycles. The van der Waals surface area contributed by atoms with Gasteiger partial charge in [0.2, 0.25) is 5.91 Å². The van der Waals surface area contributed by atoms with Crippen molar-refractivity contribution < 1.29 is 9.59 Å². The second-order valence-electron chi connectivity index (χ2n) is 6.19. The summed E-state index contributed by atoms with van der Waals surface area (Å²) in [6.45, 7) is 4.98. The van der Waals surface area contributed by atoms with E-state index in [4.69, 9.17) is 0 Å². The zero-order valence-corrected chi connectivity index (χ0v) is 14.6. The van der Waals surface area contributed by atoms with Crippen LogP contribution in [0.15, 0.2) is 30.3 Å². The van der Waals surface area contributed by atoms with Crippen LogP contribution >= 0.6 is 12.6 Å². The number of hydrogen-bond acceptors (Lipinski definition) is 3. The topological polar surface area (TPSA) is 61.4 Å². The van der Waals surface area contributed by atoms with Gasteiger partial charge in [-0.3, -0.25) is 4.79 Å². The maximum absolute atomic E-state index is 12.4. The van der Waals surface area contributed by atoms with E-state index in [1.165, 1.54) is 5.56 Å². The molecule has 1 aromatic carbocycles. The van der Waals surface area contributed by atoms with Crippen molar-refractivity contribution in [1.29, 1.82) is 0 Å². The van der Waals surface area contributed by atoms with E-state index in [2.05, 4.69) is 23.3 Å². The normalized spacial score (nSPS) is 18.9. The molecule has 1 aliphatic rings. The van der Waals surface area contributed by atoms with Crippen molar-refractivity contribution in [2.45, 2.75) is 32.4 Å². The highest BCUT2D eigenvalue weighted by Gasteiger charge is 2.38. The summed E-state index contributed by atoms with van der Waals surface area (Å²) in [5.74, 6) is 0.528. The third kappa shape index (κ3) is 4.64. The number of hydrogen-bond donors (Lipinski definition) is 3. The lowest BCUT2D eigenvalue weighted by atomic mass is 10.0. The van der Waals surface area contributed by atoms with Crippen LogP contribution in [0.3, 0.4) is 0 Å². The van der Waals surface area contributed by atoms with Crippen molar-refractivity contribution in [3.63, 3.8) is 0 Å². The van der Waals surface area contributed by atoms with Gasteiger partial charge in [0.1, 0.15) is 6.04 Å². The second-order valence-corrected chi connectivity index (χ2v) is 6.64. The van der Waals surface area contributed by atoms with E-state index >= 15 is 0 Å². The predicted octanol–water partition coefficient (Wildman–Crippen LogP) is 1.69. The minimum absolute atomic E-state index is 0.0313. The lowest BCUT2D eigenvalue weighted by Gasteiger charge is -2.29. The first kappa shape index (κ1) is 17.7. The Morgan fingerprint density at radius 2 is 2.09 bits per heavy atom. The van der Waals surface area contributed by atoms with Gasteiger partial charge in [-0.05, 0) is 17.9 Å². The number of rotatable bonds is 7. The van der Waals surface area contributed by atoms with Crippen LogP contribution in [0.25, 0.3) is 0 Å². The van der Waals surface area contributed by atoms with E-state index in [0.29, 0.717) is 18.8 Å². The second kappa shape index (κ2) is 8.24. The zero-order chi connectivity index (χ0) is 16.8. The van der Waals surface area contributed by atoms with Gasteiger partial charge in [-0.15, -0.1) is 0 Å². The number of benzene rings is 1. The van der Waals surface area contributed by atoms with Gasteiger partial charge in [0.15, 0.2) is 0 Å². The number of thiol groups is 1. The average molecular weight is 335 g/mol. The Balaban J connectivity index is 2.03. The Morgan fingerprint density at radius 3 is 2.70 bits per heavy atom. The van der Waals surface area contributed by atoms with Crippen LogP contribution in [0.4, 0.5) is 4.79 Å². The summed E-state index contributed by atoms with van der Waals surface area (Å²) in [6.07, 6.45) is 0.770. The first-order valence-corrected chi connectivity index (χ1v) is 8.65.